The summed E-state index contributed by atoms with van der Waals surface area (Å²) in [7, 11) is 0. The monoisotopic (exact) mass is 275 g/mol. The minimum Gasteiger partial charge on any atom is -0.307 e. The van der Waals surface area contributed by atoms with Crippen LogP contribution < -0.4 is 5.32 Å². The van der Waals surface area contributed by atoms with E-state index in [-0.39, 0.29) is 5.54 Å². The third-order valence-electron chi connectivity index (χ3n) is 3.44. The Labute approximate surface area is 121 Å². The Bertz CT molecular complexity index is 587. The minimum atomic E-state index is 0.173. The van der Waals surface area contributed by atoms with Gasteiger partial charge in [0.2, 0.25) is 0 Å². The molecule has 2 rings (SSSR count). The molecule has 1 aromatic heterocycles. The first-order valence-corrected chi connectivity index (χ1v) is 7.90. The lowest BCUT2D eigenvalue weighted by atomic mass is 10.0. The lowest BCUT2D eigenvalue weighted by molar-refractivity contribution is 0.426. The van der Waals surface area contributed by atoms with Crippen molar-refractivity contribution < 1.29 is 0 Å². The molecular weight excluding hydrogens is 250 g/mol. The summed E-state index contributed by atoms with van der Waals surface area (Å²) in [6.45, 7) is 14.3. The topological polar surface area (TPSA) is 12.0 Å². The minimum absolute atomic E-state index is 0.173. The van der Waals surface area contributed by atoms with Gasteiger partial charge in [0, 0.05) is 21.7 Å². The van der Waals surface area contributed by atoms with Crippen LogP contribution in [-0.4, -0.2) is 5.54 Å². The largest absolute Gasteiger partial charge is 0.307 e. The number of rotatable bonds is 3. The first kappa shape index (κ1) is 14.5. The summed E-state index contributed by atoms with van der Waals surface area (Å²) in [5.74, 6) is 0. The molecule has 0 bridgehead atoms. The standard InChI is InChI=1S/C17H25NS/c1-7-13-14-9-11(2)8-12(3)16(14)19-15(13)10-18-17(4,5)6/h8-9,18H,7,10H2,1-6H3. The lowest BCUT2D eigenvalue weighted by Crippen LogP contribution is -2.35. The highest BCUT2D eigenvalue weighted by molar-refractivity contribution is 7.19. The second-order valence-corrected chi connectivity index (χ2v) is 7.52. The smallest absolute Gasteiger partial charge is 0.0378 e. The Morgan fingerprint density at radius 2 is 1.84 bits per heavy atom. The van der Waals surface area contributed by atoms with Crippen LogP contribution >= 0.6 is 11.3 Å². The zero-order valence-electron chi connectivity index (χ0n) is 13.0. The van der Waals surface area contributed by atoms with Gasteiger partial charge < -0.3 is 5.32 Å². The average Bonchev–Trinajstić information content (AvgIpc) is 2.63. The molecule has 0 saturated heterocycles. The van der Waals surface area contributed by atoms with E-state index in [0.717, 1.165) is 13.0 Å². The number of hydrogen-bond donors (Lipinski definition) is 1. The quantitative estimate of drug-likeness (QED) is 0.834. The number of hydrogen-bond acceptors (Lipinski definition) is 2. The van der Waals surface area contributed by atoms with Crippen molar-refractivity contribution in [3.63, 3.8) is 0 Å². The molecule has 1 N–H and O–H groups in total. The molecule has 0 fully saturated rings. The molecule has 0 atom stereocenters. The predicted octanol–water partition coefficient (Wildman–Crippen LogP) is 4.97. The summed E-state index contributed by atoms with van der Waals surface area (Å²) in [6, 6.07) is 4.64. The maximum atomic E-state index is 3.62. The Balaban J connectivity index is 2.47. The van der Waals surface area contributed by atoms with Gasteiger partial charge in [0.1, 0.15) is 0 Å². The van der Waals surface area contributed by atoms with E-state index in [1.54, 1.807) is 0 Å². The molecule has 2 aromatic rings. The molecule has 104 valence electrons. The Morgan fingerprint density at radius 1 is 1.16 bits per heavy atom. The second kappa shape index (κ2) is 5.26. The molecule has 0 aliphatic carbocycles. The molecule has 0 saturated carbocycles. The van der Waals surface area contributed by atoms with Crippen molar-refractivity contribution in [1.29, 1.82) is 0 Å². The van der Waals surface area contributed by atoms with Crippen molar-refractivity contribution in [2.75, 3.05) is 0 Å². The van der Waals surface area contributed by atoms with Crippen LogP contribution in [0.3, 0.4) is 0 Å². The molecule has 0 unspecified atom stereocenters. The summed E-state index contributed by atoms with van der Waals surface area (Å²) in [4.78, 5) is 1.50. The summed E-state index contributed by atoms with van der Waals surface area (Å²) in [6.07, 6.45) is 1.12. The molecule has 1 nitrogen and oxygen atoms in total. The molecular formula is C17H25NS. The van der Waals surface area contributed by atoms with Crippen molar-refractivity contribution >= 4 is 21.4 Å². The normalized spacial score (nSPS) is 12.3. The van der Waals surface area contributed by atoms with Gasteiger partial charge in [-0.3, -0.25) is 0 Å². The zero-order chi connectivity index (χ0) is 14.2. The van der Waals surface area contributed by atoms with Crippen molar-refractivity contribution in [2.45, 2.75) is 60.0 Å². The van der Waals surface area contributed by atoms with Crippen LogP contribution in [0.15, 0.2) is 12.1 Å². The highest BCUT2D eigenvalue weighted by Gasteiger charge is 2.15. The van der Waals surface area contributed by atoms with E-state index in [1.165, 1.54) is 31.7 Å². The fourth-order valence-electron chi connectivity index (χ4n) is 2.52. The van der Waals surface area contributed by atoms with E-state index in [1.807, 2.05) is 11.3 Å². The van der Waals surface area contributed by atoms with E-state index in [2.05, 4.69) is 59.0 Å². The van der Waals surface area contributed by atoms with Gasteiger partial charge in [-0.05, 0) is 57.6 Å². The molecule has 0 aliphatic heterocycles. The maximum Gasteiger partial charge on any atom is 0.0378 e. The second-order valence-electron chi connectivity index (χ2n) is 6.42. The molecule has 19 heavy (non-hydrogen) atoms. The van der Waals surface area contributed by atoms with Gasteiger partial charge in [0.25, 0.3) is 0 Å². The number of thiophene rings is 1. The van der Waals surface area contributed by atoms with Crippen LogP contribution in [0.5, 0.6) is 0 Å². The fraction of sp³-hybridized carbons (Fsp3) is 0.529. The molecule has 1 heterocycles. The van der Waals surface area contributed by atoms with E-state index in [4.69, 9.17) is 0 Å². The van der Waals surface area contributed by atoms with Crippen LogP contribution in [0.1, 0.15) is 49.3 Å². The van der Waals surface area contributed by atoms with E-state index >= 15 is 0 Å². The molecule has 2 heteroatoms. The Hall–Kier alpha value is -0.860. The third kappa shape index (κ3) is 3.18. The Kier molecular flexibility index (Phi) is 4.03. The molecule has 0 amide bonds. The van der Waals surface area contributed by atoms with E-state index in [9.17, 15) is 0 Å². The van der Waals surface area contributed by atoms with Crippen molar-refractivity contribution in [3.05, 3.63) is 33.7 Å². The van der Waals surface area contributed by atoms with Crippen LogP contribution in [0, 0.1) is 13.8 Å². The molecule has 0 spiro atoms. The first-order valence-electron chi connectivity index (χ1n) is 7.08. The van der Waals surface area contributed by atoms with Gasteiger partial charge in [0.15, 0.2) is 0 Å². The van der Waals surface area contributed by atoms with Crippen molar-refractivity contribution in [2.24, 2.45) is 0 Å². The van der Waals surface area contributed by atoms with Gasteiger partial charge in [-0.2, -0.15) is 0 Å². The van der Waals surface area contributed by atoms with Crippen molar-refractivity contribution in [1.82, 2.24) is 5.32 Å². The maximum absolute atomic E-state index is 3.62. The highest BCUT2D eigenvalue weighted by Crippen LogP contribution is 2.35. The fourth-order valence-corrected chi connectivity index (χ4v) is 3.81. The number of nitrogens with one attached hydrogen (secondary N) is 1. The molecule has 0 aliphatic rings. The van der Waals surface area contributed by atoms with Crippen LogP contribution in [0.25, 0.3) is 10.1 Å². The van der Waals surface area contributed by atoms with E-state index < -0.39 is 0 Å². The van der Waals surface area contributed by atoms with Crippen LogP contribution in [0.4, 0.5) is 0 Å². The van der Waals surface area contributed by atoms with Gasteiger partial charge in [-0.25, -0.2) is 0 Å². The van der Waals surface area contributed by atoms with Gasteiger partial charge in [0.05, 0.1) is 0 Å². The molecule has 0 radical (unpaired) electrons. The summed E-state index contributed by atoms with van der Waals surface area (Å²) >= 11 is 1.96. The number of fused-ring (bicyclic) bond motifs is 1. The SMILES string of the molecule is CCc1c(CNC(C)(C)C)sc2c(C)cc(C)cc12. The van der Waals surface area contributed by atoms with Gasteiger partial charge in [-0.15, -0.1) is 11.3 Å². The number of benzene rings is 1. The molecule has 1 aromatic carbocycles. The number of aryl methyl sites for hydroxylation is 3. The predicted molar refractivity (Wildman–Crippen MR) is 87.3 cm³/mol. The van der Waals surface area contributed by atoms with Gasteiger partial charge in [-0.1, -0.05) is 24.6 Å². The highest BCUT2D eigenvalue weighted by atomic mass is 32.1. The van der Waals surface area contributed by atoms with Gasteiger partial charge >= 0.3 is 0 Å². The zero-order valence-corrected chi connectivity index (χ0v) is 13.8. The van der Waals surface area contributed by atoms with Crippen molar-refractivity contribution in [3.8, 4) is 0 Å². The third-order valence-corrected chi connectivity index (χ3v) is 4.82. The summed E-state index contributed by atoms with van der Waals surface area (Å²) < 4.78 is 1.47. The lowest BCUT2D eigenvalue weighted by Gasteiger charge is -2.20. The van der Waals surface area contributed by atoms with Crippen LogP contribution in [-0.2, 0) is 13.0 Å². The summed E-state index contributed by atoms with van der Waals surface area (Å²) in [5, 5.41) is 5.09. The first-order chi connectivity index (χ1) is 8.81. The average molecular weight is 275 g/mol. The Morgan fingerprint density at radius 3 is 2.42 bits per heavy atom. The van der Waals surface area contributed by atoms with Crippen LogP contribution in [0.2, 0.25) is 0 Å². The summed E-state index contributed by atoms with van der Waals surface area (Å²) in [5.41, 5.74) is 4.49. The van der Waals surface area contributed by atoms with E-state index in [0.29, 0.717) is 0 Å².